The topological polar surface area (TPSA) is 70.7 Å². The first-order valence-corrected chi connectivity index (χ1v) is 10.6. The van der Waals surface area contributed by atoms with Gasteiger partial charge in [-0.2, -0.15) is 5.26 Å². The fraction of sp³-hybridized carbons (Fsp3) is 0.318. The maximum absolute atomic E-state index is 12.4. The van der Waals surface area contributed by atoms with Crippen molar-refractivity contribution in [2.24, 2.45) is 0 Å². The lowest BCUT2D eigenvalue weighted by Gasteiger charge is -2.09. The van der Waals surface area contributed by atoms with Crippen LogP contribution in [0.1, 0.15) is 38.2 Å². The van der Waals surface area contributed by atoms with Gasteiger partial charge in [-0.3, -0.25) is 4.79 Å². The smallest absolute Gasteiger partial charge is 0.234 e. The minimum Gasteiger partial charge on any atom is -0.324 e. The summed E-state index contributed by atoms with van der Waals surface area (Å²) in [5, 5.41) is 12.8. The summed E-state index contributed by atoms with van der Waals surface area (Å²) in [5.74, 6) is 0.107. The molecular formula is C22H24N4OS. The number of aryl methyl sites for hydroxylation is 1. The highest BCUT2D eigenvalue weighted by molar-refractivity contribution is 7.99. The predicted octanol–water partition coefficient (Wildman–Crippen LogP) is 5.22. The minimum atomic E-state index is -0.141. The second-order valence-electron chi connectivity index (χ2n) is 6.59. The van der Waals surface area contributed by atoms with Gasteiger partial charge in [0.2, 0.25) is 5.91 Å². The molecule has 6 heteroatoms. The van der Waals surface area contributed by atoms with E-state index in [2.05, 4.69) is 28.9 Å². The Morgan fingerprint density at radius 2 is 1.93 bits per heavy atom. The Labute approximate surface area is 169 Å². The zero-order chi connectivity index (χ0) is 19.8. The monoisotopic (exact) mass is 392 g/mol. The van der Waals surface area contributed by atoms with Gasteiger partial charge in [0, 0.05) is 6.54 Å². The molecule has 0 aliphatic heterocycles. The summed E-state index contributed by atoms with van der Waals surface area (Å²) in [7, 11) is 0. The van der Waals surface area contributed by atoms with Gasteiger partial charge < -0.3 is 9.88 Å². The molecule has 0 aliphatic carbocycles. The fourth-order valence-corrected chi connectivity index (χ4v) is 3.92. The van der Waals surface area contributed by atoms with Gasteiger partial charge in [0.1, 0.15) is 6.07 Å². The van der Waals surface area contributed by atoms with Gasteiger partial charge in [-0.1, -0.05) is 62.2 Å². The van der Waals surface area contributed by atoms with Gasteiger partial charge in [0.25, 0.3) is 0 Å². The highest BCUT2D eigenvalue weighted by Gasteiger charge is 2.13. The van der Waals surface area contributed by atoms with Crippen LogP contribution in [-0.2, 0) is 11.3 Å². The molecule has 0 fully saturated rings. The van der Waals surface area contributed by atoms with E-state index in [4.69, 9.17) is 10.2 Å². The number of anilines is 1. The second kappa shape index (κ2) is 9.95. The molecule has 1 heterocycles. The fourth-order valence-electron chi connectivity index (χ4n) is 3.08. The molecule has 1 aromatic heterocycles. The molecule has 1 amide bonds. The number of benzene rings is 2. The van der Waals surface area contributed by atoms with Crippen LogP contribution in [-0.4, -0.2) is 21.2 Å². The van der Waals surface area contributed by atoms with Crippen LogP contribution in [0.2, 0.25) is 0 Å². The molecule has 2 aromatic carbocycles. The number of fused-ring (bicyclic) bond motifs is 1. The van der Waals surface area contributed by atoms with Crippen molar-refractivity contribution in [3.05, 3.63) is 54.1 Å². The Hall–Kier alpha value is -2.78. The first-order valence-electron chi connectivity index (χ1n) is 9.60. The lowest BCUT2D eigenvalue weighted by molar-refractivity contribution is -0.113. The zero-order valence-corrected chi connectivity index (χ0v) is 16.8. The molecule has 3 aromatic rings. The molecule has 28 heavy (non-hydrogen) atoms. The number of nitrogens with zero attached hydrogens (tertiary/aromatic N) is 3. The molecule has 0 aliphatic rings. The summed E-state index contributed by atoms with van der Waals surface area (Å²) in [6.45, 7) is 3.11. The molecule has 5 nitrogen and oxygen atoms in total. The third-order valence-corrected chi connectivity index (χ3v) is 5.49. The van der Waals surface area contributed by atoms with Gasteiger partial charge >= 0.3 is 0 Å². The van der Waals surface area contributed by atoms with E-state index in [-0.39, 0.29) is 11.7 Å². The third-order valence-electron chi connectivity index (χ3n) is 4.51. The van der Waals surface area contributed by atoms with E-state index in [1.54, 1.807) is 24.3 Å². The zero-order valence-electron chi connectivity index (χ0n) is 16.0. The van der Waals surface area contributed by atoms with E-state index in [1.807, 2.05) is 18.2 Å². The maximum Gasteiger partial charge on any atom is 0.234 e. The van der Waals surface area contributed by atoms with Crippen molar-refractivity contribution in [3.8, 4) is 6.07 Å². The lowest BCUT2D eigenvalue weighted by Crippen LogP contribution is -2.15. The largest absolute Gasteiger partial charge is 0.324 e. The Morgan fingerprint density at radius 1 is 1.14 bits per heavy atom. The maximum atomic E-state index is 12.4. The van der Waals surface area contributed by atoms with Crippen LogP contribution in [0.5, 0.6) is 0 Å². The molecule has 0 atom stereocenters. The molecule has 0 radical (unpaired) electrons. The van der Waals surface area contributed by atoms with Crippen molar-refractivity contribution in [2.75, 3.05) is 11.1 Å². The number of nitriles is 1. The number of unbranched alkanes of at least 4 members (excludes halogenated alkanes) is 3. The molecule has 0 unspecified atom stereocenters. The molecule has 144 valence electrons. The average molecular weight is 393 g/mol. The van der Waals surface area contributed by atoms with Crippen molar-refractivity contribution in [3.63, 3.8) is 0 Å². The summed E-state index contributed by atoms with van der Waals surface area (Å²) < 4.78 is 2.21. The van der Waals surface area contributed by atoms with Crippen LogP contribution in [0.3, 0.4) is 0 Å². The summed E-state index contributed by atoms with van der Waals surface area (Å²) >= 11 is 1.43. The summed E-state index contributed by atoms with van der Waals surface area (Å²) in [6, 6.07) is 17.2. The molecule has 1 N–H and O–H groups in total. The Balaban J connectivity index is 1.69. The highest BCUT2D eigenvalue weighted by Crippen LogP contribution is 2.25. The molecule has 3 rings (SSSR count). The van der Waals surface area contributed by atoms with Gasteiger partial charge in [0.05, 0.1) is 28.0 Å². The van der Waals surface area contributed by atoms with Crippen LogP contribution in [0.4, 0.5) is 5.69 Å². The van der Waals surface area contributed by atoms with Crippen LogP contribution in [0.25, 0.3) is 11.0 Å². The molecular weight excluding hydrogens is 368 g/mol. The summed E-state index contributed by atoms with van der Waals surface area (Å²) in [5.41, 5.74) is 3.07. The number of rotatable bonds is 9. The van der Waals surface area contributed by atoms with E-state index < -0.39 is 0 Å². The summed E-state index contributed by atoms with van der Waals surface area (Å²) in [6.07, 6.45) is 4.73. The second-order valence-corrected chi connectivity index (χ2v) is 7.53. The van der Waals surface area contributed by atoms with Gasteiger partial charge in [-0.25, -0.2) is 4.98 Å². The highest BCUT2D eigenvalue weighted by atomic mass is 32.2. The van der Waals surface area contributed by atoms with Crippen molar-refractivity contribution in [1.82, 2.24) is 9.55 Å². The Bertz CT molecular complexity index is 990. The van der Waals surface area contributed by atoms with Crippen LogP contribution in [0.15, 0.2) is 53.7 Å². The minimum absolute atomic E-state index is 0.141. The molecule has 0 saturated heterocycles. The number of aromatic nitrogens is 2. The van der Waals surface area contributed by atoms with Crippen LogP contribution < -0.4 is 5.32 Å². The Morgan fingerprint density at radius 3 is 2.75 bits per heavy atom. The first-order chi connectivity index (χ1) is 13.7. The van der Waals surface area contributed by atoms with E-state index in [0.29, 0.717) is 11.3 Å². The predicted molar refractivity (Wildman–Crippen MR) is 114 cm³/mol. The summed E-state index contributed by atoms with van der Waals surface area (Å²) in [4.78, 5) is 17.1. The average Bonchev–Trinajstić information content (AvgIpc) is 3.07. The lowest BCUT2D eigenvalue weighted by atomic mass is 10.2. The number of amides is 1. The molecule has 0 bridgehead atoms. The molecule has 0 saturated carbocycles. The van der Waals surface area contributed by atoms with Crippen LogP contribution >= 0.6 is 11.8 Å². The van der Waals surface area contributed by atoms with Crippen molar-refractivity contribution < 1.29 is 4.79 Å². The number of hydrogen-bond acceptors (Lipinski definition) is 4. The number of thioether (sulfide) groups is 1. The molecule has 0 spiro atoms. The quantitative estimate of drug-likeness (QED) is 0.400. The van der Waals surface area contributed by atoms with E-state index >= 15 is 0 Å². The van der Waals surface area contributed by atoms with Crippen molar-refractivity contribution in [2.45, 2.75) is 44.3 Å². The third kappa shape index (κ3) is 4.93. The first kappa shape index (κ1) is 20.0. The number of para-hydroxylation sites is 3. The normalized spacial score (nSPS) is 10.7. The van der Waals surface area contributed by atoms with Gasteiger partial charge in [0.15, 0.2) is 5.16 Å². The van der Waals surface area contributed by atoms with Gasteiger partial charge in [-0.05, 0) is 30.7 Å². The SMILES string of the molecule is CCCCCCn1c(SCC(=O)Nc2ccccc2C#N)nc2ccccc21. The Kier molecular flexibility index (Phi) is 7.10. The van der Waals surface area contributed by atoms with E-state index in [0.717, 1.165) is 29.2 Å². The number of hydrogen-bond donors (Lipinski definition) is 1. The van der Waals surface area contributed by atoms with Crippen LogP contribution in [0, 0.1) is 11.3 Å². The van der Waals surface area contributed by atoms with E-state index in [9.17, 15) is 4.79 Å². The van der Waals surface area contributed by atoms with Crippen molar-refractivity contribution in [1.29, 1.82) is 5.26 Å². The number of carbonyl (C=O) groups excluding carboxylic acids is 1. The number of imidazole rings is 1. The van der Waals surface area contributed by atoms with Crippen molar-refractivity contribution >= 4 is 34.4 Å². The standard InChI is InChI=1S/C22H24N4OS/c1-2-3-4-9-14-26-20-13-8-7-12-19(20)25-22(26)28-16-21(27)24-18-11-6-5-10-17(18)15-23/h5-8,10-13H,2-4,9,14,16H2,1H3,(H,24,27). The number of nitrogens with one attached hydrogen (secondary N) is 1. The van der Waals surface area contributed by atoms with E-state index in [1.165, 1.54) is 31.0 Å². The van der Waals surface area contributed by atoms with Gasteiger partial charge in [-0.15, -0.1) is 0 Å². The number of carbonyl (C=O) groups is 1.